The lowest BCUT2D eigenvalue weighted by Crippen LogP contribution is -2.45. The van der Waals surface area contributed by atoms with E-state index >= 15 is 0 Å². The summed E-state index contributed by atoms with van der Waals surface area (Å²) in [6.07, 6.45) is 6.46. The van der Waals surface area contributed by atoms with Crippen LogP contribution in [-0.4, -0.2) is 29.4 Å². The number of hydrogen-bond donors (Lipinski definition) is 2. The van der Waals surface area contributed by atoms with Crippen molar-refractivity contribution in [2.45, 2.75) is 38.1 Å². The lowest BCUT2D eigenvalue weighted by atomic mass is 10.1. The molecule has 7 heteroatoms. The van der Waals surface area contributed by atoms with E-state index in [1.807, 2.05) is 0 Å². The number of carbonyl (C=O) groups is 2. The molecule has 0 bridgehead atoms. The van der Waals surface area contributed by atoms with Gasteiger partial charge in [0.25, 0.3) is 5.91 Å². The summed E-state index contributed by atoms with van der Waals surface area (Å²) in [6.45, 7) is 0.594. The van der Waals surface area contributed by atoms with Crippen molar-refractivity contribution in [1.29, 1.82) is 0 Å². The molecule has 3 rings (SSSR count). The second kappa shape index (κ2) is 6.74. The molecule has 2 amide bonds. The first kappa shape index (κ1) is 16.1. The van der Waals surface area contributed by atoms with Gasteiger partial charge in [-0.1, -0.05) is 24.4 Å². The number of ether oxygens (including phenoxy) is 1. The summed E-state index contributed by atoms with van der Waals surface area (Å²) in [5.41, 5.74) is 5.53. The first-order valence-electron chi connectivity index (χ1n) is 7.91. The molecule has 6 nitrogen and oxygen atoms in total. The van der Waals surface area contributed by atoms with E-state index in [9.17, 15) is 9.59 Å². The standard InChI is InChI=1S/C16H20ClN3O3/c17-11-7-19-13(6-14(11)23-8-10-3-4-10)16(22)20-12(15(18)21)5-9-1-2-9/h6-7,9-10,12H,1-5,8H2,(H2,18,21)(H,20,22)/t12-/m0/s1. The molecule has 0 aromatic carbocycles. The molecule has 3 N–H and O–H groups in total. The fourth-order valence-electron chi connectivity index (χ4n) is 2.31. The Morgan fingerprint density at radius 1 is 1.35 bits per heavy atom. The van der Waals surface area contributed by atoms with Gasteiger partial charge in [0.15, 0.2) is 0 Å². The monoisotopic (exact) mass is 337 g/mol. The molecule has 0 saturated heterocycles. The fraction of sp³-hybridized carbons (Fsp3) is 0.562. The molecule has 2 aliphatic rings. The summed E-state index contributed by atoms with van der Waals surface area (Å²) in [5, 5.41) is 3.02. The second-order valence-corrected chi connectivity index (χ2v) is 6.77. The average molecular weight is 338 g/mol. The van der Waals surface area contributed by atoms with E-state index in [0.29, 0.717) is 35.6 Å². The molecule has 0 radical (unpaired) electrons. The normalized spacial score (nSPS) is 18.3. The van der Waals surface area contributed by atoms with Gasteiger partial charge in [-0.15, -0.1) is 0 Å². The number of aromatic nitrogens is 1. The molecule has 2 aliphatic carbocycles. The molecule has 124 valence electrons. The lowest BCUT2D eigenvalue weighted by Gasteiger charge is -2.15. The molecule has 1 aromatic rings. The van der Waals surface area contributed by atoms with Gasteiger partial charge in [-0.25, -0.2) is 4.98 Å². The Morgan fingerprint density at radius 3 is 2.65 bits per heavy atom. The van der Waals surface area contributed by atoms with E-state index in [-0.39, 0.29) is 5.69 Å². The summed E-state index contributed by atoms with van der Waals surface area (Å²) >= 11 is 6.04. The molecule has 0 unspecified atom stereocenters. The Labute approximate surface area is 139 Å². The third kappa shape index (κ3) is 4.58. The van der Waals surface area contributed by atoms with Crippen molar-refractivity contribution >= 4 is 23.4 Å². The van der Waals surface area contributed by atoms with Crippen LogP contribution in [0.3, 0.4) is 0 Å². The third-order valence-electron chi connectivity index (χ3n) is 4.14. The van der Waals surface area contributed by atoms with Gasteiger partial charge in [-0.05, 0) is 31.1 Å². The number of rotatable bonds is 8. The van der Waals surface area contributed by atoms with Crippen molar-refractivity contribution in [3.05, 3.63) is 23.0 Å². The molecule has 1 heterocycles. The molecular weight excluding hydrogens is 318 g/mol. The van der Waals surface area contributed by atoms with Gasteiger partial charge in [-0.2, -0.15) is 0 Å². The van der Waals surface area contributed by atoms with Gasteiger partial charge < -0.3 is 15.8 Å². The average Bonchev–Trinajstić information content (AvgIpc) is 3.40. The van der Waals surface area contributed by atoms with Crippen molar-refractivity contribution in [2.24, 2.45) is 17.6 Å². The Balaban J connectivity index is 1.64. The SMILES string of the molecule is NC(=O)[C@H](CC1CC1)NC(=O)c1cc(OCC2CC2)c(Cl)cn1. The molecule has 0 spiro atoms. The van der Waals surface area contributed by atoms with Crippen molar-refractivity contribution < 1.29 is 14.3 Å². The highest BCUT2D eigenvalue weighted by Gasteiger charge is 2.30. The Hall–Kier alpha value is -1.82. The zero-order valence-electron chi connectivity index (χ0n) is 12.8. The molecule has 0 aliphatic heterocycles. The third-order valence-corrected chi connectivity index (χ3v) is 4.42. The maximum atomic E-state index is 12.3. The summed E-state index contributed by atoms with van der Waals surface area (Å²) in [4.78, 5) is 27.8. The minimum absolute atomic E-state index is 0.169. The van der Waals surface area contributed by atoms with Crippen molar-refractivity contribution in [2.75, 3.05) is 6.61 Å². The number of carbonyl (C=O) groups excluding carboxylic acids is 2. The number of nitrogens with zero attached hydrogens (tertiary/aromatic N) is 1. The summed E-state index contributed by atoms with van der Waals surface area (Å²) < 4.78 is 5.63. The van der Waals surface area contributed by atoms with Crippen LogP contribution in [0.2, 0.25) is 5.02 Å². The van der Waals surface area contributed by atoms with Crippen molar-refractivity contribution in [3.63, 3.8) is 0 Å². The maximum absolute atomic E-state index is 12.3. The van der Waals surface area contributed by atoms with Crippen LogP contribution >= 0.6 is 11.6 Å². The zero-order valence-corrected chi connectivity index (χ0v) is 13.5. The van der Waals surface area contributed by atoms with Gasteiger partial charge >= 0.3 is 0 Å². The largest absolute Gasteiger partial charge is 0.492 e. The maximum Gasteiger partial charge on any atom is 0.270 e. The van der Waals surface area contributed by atoms with Gasteiger partial charge in [-0.3, -0.25) is 9.59 Å². The highest BCUT2D eigenvalue weighted by molar-refractivity contribution is 6.32. The number of primary amides is 1. The van der Waals surface area contributed by atoms with E-state index in [4.69, 9.17) is 22.1 Å². The van der Waals surface area contributed by atoms with Crippen LogP contribution in [0.1, 0.15) is 42.6 Å². The van der Waals surface area contributed by atoms with Crippen LogP contribution in [0.15, 0.2) is 12.3 Å². The van der Waals surface area contributed by atoms with Crippen molar-refractivity contribution in [1.82, 2.24) is 10.3 Å². The van der Waals surface area contributed by atoms with Crippen LogP contribution < -0.4 is 15.8 Å². The topological polar surface area (TPSA) is 94.3 Å². The number of amides is 2. The molecular formula is C16H20ClN3O3. The Morgan fingerprint density at radius 2 is 2.04 bits per heavy atom. The van der Waals surface area contributed by atoms with Gasteiger partial charge in [0.1, 0.15) is 22.5 Å². The second-order valence-electron chi connectivity index (χ2n) is 6.36. The quantitative estimate of drug-likeness (QED) is 0.757. The molecule has 1 aromatic heterocycles. The lowest BCUT2D eigenvalue weighted by molar-refractivity contribution is -0.120. The minimum atomic E-state index is -0.664. The number of hydrogen-bond acceptors (Lipinski definition) is 4. The summed E-state index contributed by atoms with van der Waals surface area (Å²) in [6, 6.07) is 0.846. The van der Waals surface area contributed by atoms with Crippen LogP contribution in [0.5, 0.6) is 5.75 Å². The first-order valence-corrected chi connectivity index (χ1v) is 8.29. The van der Waals surface area contributed by atoms with Gasteiger partial charge in [0.2, 0.25) is 5.91 Å². The highest BCUT2D eigenvalue weighted by Crippen LogP contribution is 2.34. The van der Waals surface area contributed by atoms with Crippen LogP contribution in [0.4, 0.5) is 0 Å². The summed E-state index contributed by atoms with van der Waals surface area (Å²) in [5.74, 6) is 0.529. The Kier molecular flexibility index (Phi) is 4.71. The van der Waals surface area contributed by atoms with Crippen molar-refractivity contribution in [3.8, 4) is 5.75 Å². The van der Waals surface area contributed by atoms with E-state index in [1.165, 1.54) is 12.3 Å². The molecule has 2 saturated carbocycles. The first-order chi connectivity index (χ1) is 11.0. The van der Waals surface area contributed by atoms with Crippen LogP contribution in [0.25, 0.3) is 0 Å². The van der Waals surface area contributed by atoms with Crippen LogP contribution in [0, 0.1) is 11.8 Å². The van der Waals surface area contributed by atoms with E-state index in [2.05, 4.69) is 10.3 Å². The predicted molar refractivity (Wildman–Crippen MR) is 85.3 cm³/mol. The number of nitrogens with two attached hydrogens (primary N) is 1. The minimum Gasteiger partial charge on any atom is -0.492 e. The molecule has 2 fully saturated rings. The zero-order chi connectivity index (χ0) is 16.4. The predicted octanol–water partition coefficient (Wildman–Crippen LogP) is 1.91. The van der Waals surface area contributed by atoms with E-state index in [1.54, 1.807) is 0 Å². The van der Waals surface area contributed by atoms with E-state index < -0.39 is 17.9 Å². The Bertz CT molecular complexity index is 615. The number of halogens is 1. The smallest absolute Gasteiger partial charge is 0.270 e. The summed E-state index contributed by atoms with van der Waals surface area (Å²) in [7, 11) is 0. The van der Waals surface area contributed by atoms with Crippen LogP contribution in [-0.2, 0) is 4.79 Å². The molecule has 1 atom stereocenters. The highest BCUT2D eigenvalue weighted by atomic mass is 35.5. The number of pyridine rings is 1. The number of nitrogens with one attached hydrogen (secondary N) is 1. The van der Waals surface area contributed by atoms with Gasteiger partial charge in [0.05, 0.1) is 12.8 Å². The fourth-order valence-corrected chi connectivity index (χ4v) is 2.47. The van der Waals surface area contributed by atoms with Gasteiger partial charge in [0, 0.05) is 6.07 Å². The van der Waals surface area contributed by atoms with E-state index in [0.717, 1.165) is 25.7 Å². The molecule has 23 heavy (non-hydrogen) atoms.